The van der Waals surface area contributed by atoms with Crippen molar-refractivity contribution in [2.45, 2.75) is 25.0 Å². The Morgan fingerprint density at radius 3 is 1.67 bits per heavy atom. The summed E-state index contributed by atoms with van der Waals surface area (Å²) in [5, 5.41) is 21.2. The van der Waals surface area contributed by atoms with Crippen molar-refractivity contribution in [3.8, 4) is 0 Å². The lowest BCUT2D eigenvalue weighted by molar-refractivity contribution is 0.00762. The van der Waals surface area contributed by atoms with Crippen molar-refractivity contribution in [1.29, 1.82) is 0 Å². The second-order valence-corrected chi connectivity index (χ2v) is 4.51. The molecule has 2 fully saturated rings. The van der Waals surface area contributed by atoms with Gasteiger partial charge < -0.3 is 35.1 Å². The van der Waals surface area contributed by atoms with Gasteiger partial charge in [-0.25, -0.2) is 9.59 Å². The van der Waals surface area contributed by atoms with Gasteiger partial charge in [0.2, 0.25) is 0 Å². The number of carbonyl (C=O) groups is 2. The van der Waals surface area contributed by atoms with Gasteiger partial charge in [0.15, 0.2) is 0 Å². The summed E-state index contributed by atoms with van der Waals surface area (Å²) in [4.78, 5) is 21.3. The first-order chi connectivity index (χ1) is 10.2. The highest BCUT2D eigenvalue weighted by Crippen LogP contribution is 2.03. The van der Waals surface area contributed by atoms with Crippen LogP contribution in [0.25, 0.3) is 0 Å². The molecule has 0 aromatic heterocycles. The number of hydrogen-bond donors (Lipinski definition) is 4. The Morgan fingerprint density at radius 1 is 0.952 bits per heavy atom. The molecule has 0 aromatic carbocycles. The van der Waals surface area contributed by atoms with Crippen LogP contribution in [0, 0.1) is 0 Å². The maximum Gasteiger partial charge on any atom is 0.407 e. The maximum atomic E-state index is 10.6. The standard InChI is InChI=1S/C8H12N2O5.C4H10O2/c11-7-9-1-5(14-7)3-13-4-6-2-10-8(12)15-6;5-3-1-2-4-6/h5-6H,1-4H2,(H,9,11)(H,10,12);5-6H,1-4H2. The number of amides is 2. The molecular formula is C12H22N2O7. The minimum absolute atomic E-state index is 0.195. The summed E-state index contributed by atoms with van der Waals surface area (Å²) in [6.45, 7) is 1.93. The van der Waals surface area contributed by atoms with Gasteiger partial charge in [0.1, 0.15) is 12.2 Å². The number of unbranched alkanes of at least 4 members (excludes halogenated alkanes) is 1. The third-order valence-electron chi connectivity index (χ3n) is 2.67. The summed E-state index contributed by atoms with van der Waals surface area (Å²) < 4.78 is 15.0. The fraction of sp³-hybridized carbons (Fsp3) is 0.833. The molecule has 0 spiro atoms. The molecular weight excluding hydrogens is 284 g/mol. The van der Waals surface area contributed by atoms with Crippen LogP contribution in [0.5, 0.6) is 0 Å². The quantitative estimate of drug-likeness (QED) is 0.443. The van der Waals surface area contributed by atoms with Crippen molar-refractivity contribution in [3.05, 3.63) is 0 Å². The van der Waals surface area contributed by atoms with Crippen molar-refractivity contribution in [2.75, 3.05) is 39.5 Å². The van der Waals surface area contributed by atoms with Gasteiger partial charge in [-0.3, -0.25) is 0 Å². The lowest BCUT2D eigenvalue weighted by Crippen LogP contribution is -2.25. The number of alkyl carbamates (subject to hydrolysis) is 2. The van der Waals surface area contributed by atoms with E-state index in [0.29, 0.717) is 26.3 Å². The van der Waals surface area contributed by atoms with Crippen LogP contribution in [-0.2, 0) is 14.2 Å². The Labute approximate surface area is 122 Å². The smallest absolute Gasteiger partial charge is 0.407 e. The second-order valence-electron chi connectivity index (χ2n) is 4.51. The predicted molar refractivity (Wildman–Crippen MR) is 70.8 cm³/mol. The van der Waals surface area contributed by atoms with E-state index in [9.17, 15) is 9.59 Å². The van der Waals surface area contributed by atoms with E-state index >= 15 is 0 Å². The minimum Gasteiger partial charge on any atom is -0.442 e. The molecule has 0 bridgehead atoms. The van der Waals surface area contributed by atoms with E-state index in [-0.39, 0.29) is 25.4 Å². The molecule has 2 rings (SSSR count). The average molecular weight is 306 g/mol. The van der Waals surface area contributed by atoms with E-state index in [1.165, 1.54) is 0 Å². The number of ether oxygens (including phenoxy) is 3. The first kappa shape index (κ1) is 17.5. The van der Waals surface area contributed by atoms with Gasteiger partial charge in [0.05, 0.1) is 26.3 Å². The Bertz CT molecular complexity index is 297. The maximum absolute atomic E-state index is 10.6. The summed E-state index contributed by atoms with van der Waals surface area (Å²) in [5.41, 5.74) is 0. The molecule has 2 aliphatic rings. The predicted octanol–water partition coefficient (Wildman–Crippen LogP) is -1.03. The summed E-state index contributed by atoms with van der Waals surface area (Å²) in [6, 6.07) is 0. The minimum atomic E-state index is -0.419. The molecule has 2 saturated heterocycles. The first-order valence-corrected chi connectivity index (χ1v) is 6.84. The van der Waals surface area contributed by atoms with Gasteiger partial charge in [-0.15, -0.1) is 0 Å². The zero-order valence-corrected chi connectivity index (χ0v) is 11.7. The third kappa shape index (κ3) is 7.69. The molecule has 2 unspecified atom stereocenters. The van der Waals surface area contributed by atoms with E-state index in [1.54, 1.807) is 0 Å². The van der Waals surface area contributed by atoms with Crippen LogP contribution in [0.2, 0.25) is 0 Å². The van der Waals surface area contributed by atoms with E-state index < -0.39 is 12.2 Å². The van der Waals surface area contributed by atoms with Crippen LogP contribution < -0.4 is 10.6 Å². The number of cyclic esters (lactones) is 2. The monoisotopic (exact) mass is 306 g/mol. The van der Waals surface area contributed by atoms with E-state index in [1.807, 2.05) is 0 Å². The number of nitrogens with one attached hydrogen (secondary N) is 2. The van der Waals surface area contributed by atoms with Crippen LogP contribution in [-0.4, -0.2) is 74.1 Å². The zero-order valence-electron chi connectivity index (χ0n) is 11.7. The summed E-state index contributed by atoms with van der Waals surface area (Å²) >= 11 is 0. The Morgan fingerprint density at radius 2 is 1.38 bits per heavy atom. The number of aliphatic hydroxyl groups is 2. The van der Waals surface area contributed by atoms with E-state index in [2.05, 4.69) is 10.6 Å². The van der Waals surface area contributed by atoms with Crippen LogP contribution in [0.3, 0.4) is 0 Å². The molecule has 0 radical (unpaired) electrons. The summed E-state index contributed by atoms with van der Waals surface area (Å²) in [5.74, 6) is 0. The zero-order chi connectivity index (χ0) is 15.5. The molecule has 2 aliphatic heterocycles. The molecule has 122 valence electrons. The highest BCUT2D eigenvalue weighted by atomic mass is 16.6. The first-order valence-electron chi connectivity index (χ1n) is 6.84. The molecule has 9 heteroatoms. The molecule has 2 atom stereocenters. The van der Waals surface area contributed by atoms with Gasteiger partial charge >= 0.3 is 12.2 Å². The SMILES string of the molecule is O=C1NCC(COCC2CNC(=O)O2)O1.OCCCCO. The van der Waals surface area contributed by atoms with Crippen LogP contribution in [0.1, 0.15) is 12.8 Å². The normalized spacial score (nSPS) is 23.5. The van der Waals surface area contributed by atoms with Gasteiger partial charge in [-0.2, -0.15) is 0 Å². The molecule has 0 saturated carbocycles. The highest BCUT2D eigenvalue weighted by molar-refractivity contribution is 5.69. The molecule has 2 heterocycles. The lowest BCUT2D eigenvalue weighted by atomic mass is 10.3. The van der Waals surface area contributed by atoms with E-state index in [0.717, 1.165) is 12.8 Å². The molecule has 0 aliphatic carbocycles. The molecule has 4 N–H and O–H groups in total. The van der Waals surface area contributed by atoms with Crippen LogP contribution in [0.15, 0.2) is 0 Å². The Hall–Kier alpha value is -1.58. The Kier molecular flexibility index (Phi) is 8.48. The summed E-state index contributed by atoms with van der Waals surface area (Å²) in [7, 11) is 0. The lowest BCUT2D eigenvalue weighted by Gasteiger charge is -2.11. The van der Waals surface area contributed by atoms with Crippen molar-refractivity contribution >= 4 is 12.2 Å². The second kappa shape index (κ2) is 10.2. The van der Waals surface area contributed by atoms with Crippen molar-refractivity contribution in [3.63, 3.8) is 0 Å². The van der Waals surface area contributed by atoms with Gasteiger partial charge in [-0.05, 0) is 12.8 Å². The van der Waals surface area contributed by atoms with E-state index in [4.69, 9.17) is 24.4 Å². The number of rotatable bonds is 7. The van der Waals surface area contributed by atoms with Crippen molar-refractivity contribution < 1.29 is 34.0 Å². The molecule has 21 heavy (non-hydrogen) atoms. The fourth-order valence-corrected chi connectivity index (χ4v) is 1.60. The fourth-order valence-electron chi connectivity index (χ4n) is 1.60. The number of hydrogen-bond acceptors (Lipinski definition) is 7. The highest BCUT2D eigenvalue weighted by Gasteiger charge is 2.25. The van der Waals surface area contributed by atoms with Gasteiger partial charge in [0.25, 0.3) is 0 Å². The average Bonchev–Trinajstić information content (AvgIpc) is 3.06. The molecule has 0 aromatic rings. The summed E-state index contributed by atoms with van der Waals surface area (Å²) in [6.07, 6.45) is 0.104. The topological polar surface area (TPSA) is 126 Å². The van der Waals surface area contributed by atoms with Crippen LogP contribution >= 0.6 is 0 Å². The van der Waals surface area contributed by atoms with Crippen LogP contribution in [0.4, 0.5) is 9.59 Å². The van der Waals surface area contributed by atoms with Gasteiger partial charge in [0, 0.05) is 13.2 Å². The molecule has 2 amide bonds. The third-order valence-corrected chi connectivity index (χ3v) is 2.67. The van der Waals surface area contributed by atoms with Crippen molar-refractivity contribution in [1.82, 2.24) is 10.6 Å². The number of aliphatic hydroxyl groups excluding tert-OH is 2. The Balaban J connectivity index is 0.000000315. The molecule has 9 nitrogen and oxygen atoms in total. The number of carbonyl (C=O) groups excluding carboxylic acids is 2. The van der Waals surface area contributed by atoms with Gasteiger partial charge in [-0.1, -0.05) is 0 Å². The largest absolute Gasteiger partial charge is 0.442 e. The van der Waals surface area contributed by atoms with Crippen molar-refractivity contribution in [2.24, 2.45) is 0 Å².